The summed E-state index contributed by atoms with van der Waals surface area (Å²) < 4.78 is 5.15. The Balaban J connectivity index is 0.00000208. The Morgan fingerprint density at radius 3 is 2.79 bits per heavy atom. The number of carbonyl (C=O) groups is 1. The van der Waals surface area contributed by atoms with Crippen LogP contribution in [0.15, 0.2) is 60.8 Å². The number of nitrogens with zero attached hydrogens (tertiary/aromatic N) is 1. The number of fused-ring (bicyclic) bond motifs is 1. The number of rotatable bonds is 6. The molecule has 0 radical (unpaired) electrons. The Morgan fingerprint density at radius 1 is 1.12 bits per heavy atom. The Hall–Kier alpha value is -2.43. The molecule has 3 rings (SSSR count). The van der Waals surface area contributed by atoms with Crippen molar-refractivity contribution >= 4 is 22.4 Å². The van der Waals surface area contributed by atoms with Gasteiger partial charge in [-0.05, 0) is 18.2 Å². The minimum Gasteiger partial charge on any atom is -1.00 e. The highest BCUT2D eigenvalue weighted by Gasteiger charge is 2.08. The molecule has 0 unspecified atom stereocenters. The lowest BCUT2D eigenvalue weighted by Crippen LogP contribution is -3.00. The summed E-state index contributed by atoms with van der Waals surface area (Å²) in [7, 11) is 1.60. The van der Waals surface area contributed by atoms with E-state index in [4.69, 9.17) is 4.74 Å². The number of para-hydroxylation sites is 1. The van der Waals surface area contributed by atoms with E-state index < -0.39 is 0 Å². The zero-order valence-corrected chi connectivity index (χ0v) is 14.2. The van der Waals surface area contributed by atoms with Crippen LogP contribution in [0.25, 0.3) is 10.9 Å². The van der Waals surface area contributed by atoms with Gasteiger partial charge in [-0.2, -0.15) is 0 Å². The van der Waals surface area contributed by atoms with Gasteiger partial charge in [0, 0.05) is 17.0 Å². The summed E-state index contributed by atoms with van der Waals surface area (Å²) in [5, 5.41) is 3.16. The van der Waals surface area contributed by atoms with E-state index in [-0.39, 0.29) is 18.2 Å². The maximum Gasteiger partial charge on any atom is 0.168 e. The van der Waals surface area contributed by atoms with Crippen molar-refractivity contribution in [2.75, 3.05) is 13.7 Å². The van der Waals surface area contributed by atoms with Gasteiger partial charge in [-0.1, -0.05) is 30.3 Å². The number of hydrogen-bond donors (Lipinski definition) is 1. The van der Waals surface area contributed by atoms with E-state index in [1.807, 2.05) is 48.7 Å². The molecule has 4 nitrogen and oxygen atoms in total. The van der Waals surface area contributed by atoms with Gasteiger partial charge in [-0.25, -0.2) is 0 Å². The fourth-order valence-electron chi connectivity index (χ4n) is 2.51. The number of methoxy groups -OCH3 is 1. The van der Waals surface area contributed by atoms with Gasteiger partial charge in [-0.15, -0.1) is 0 Å². The fourth-order valence-corrected chi connectivity index (χ4v) is 2.51. The number of carbonyl (C=O) groups excluding carboxylic acids is 1. The molecular weight excluding hydrogens is 324 g/mol. The second-order valence-electron chi connectivity index (χ2n) is 5.36. The zero-order chi connectivity index (χ0) is 16.1. The molecule has 0 bridgehead atoms. The molecule has 1 aromatic heterocycles. The van der Waals surface area contributed by atoms with Crippen molar-refractivity contribution in [1.29, 1.82) is 0 Å². The van der Waals surface area contributed by atoms with E-state index in [0.29, 0.717) is 24.3 Å². The molecule has 0 saturated heterocycles. The molecule has 0 atom stereocenters. The molecule has 2 aromatic carbocycles. The van der Waals surface area contributed by atoms with Crippen LogP contribution in [-0.4, -0.2) is 24.4 Å². The van der Waals surface area contributed by atoms with Crippen LogP contribution < -0.4 is 22.5 Å². The van der Waals surface area contributed by atoms with Gasteiger partial charge in [-0.3, -0.25) is 9.78 Å². The molecule has 5 heteroatoms. The van der Waals surface area contributed by atoms with Crippen molar-refractivity contribution in [3.63, 3.8) is 0 Å². The standard InChI is InChI=1S/C19H18N2O2.ClH/c1-23-17-7-4-6-15(12-17)19(22)9-10-20-16-11-14-5-2-3-8-18(14)21-13-16;/h2-8,11-13,20H,9-10H2,1H3;1H. The topological polar surface area (TPSA) is 55.8 Å². The summed E-state index contributed by atoms with van der Waals surface area (Å²) in [6.07, 6.45) is 2.32. The summed E-state index contributed by atoms with van der Waals surface area (Å²) in [6, 6.07) is 17.4. The molecule has 0 aliphatic heterocycles. The molecule has 0 amide bonds. The predicted octanol–water partition coefficient (Wildman–Crippen LogP) is -0.285. The van der Waals surface area contributed by atoms with Crippen molar-refractivity contribution in [2.45, 2.75) is 6.42 Å². The van der Waals surface area contributed by atoms with Crippen LogP contribution in [0.2, 0.25) is 0 Å². The van der Waals surface area contributed by atoms with Crippen LogP contribution in [0, 0.1) is 0 Å². The fraction of sp³-hybridized carbons (Fsp3) is 0.158. The van der Waals surface area contributed by atoms with E-state index in [1.165, 1.54) is 0 Å². The minimum atomic E-state index is 0. The van der Waals surface area contributed by atoms with Crippen LogP contribution in [0.4, 0.5) is 5.69 Å². The van der Waals surface area contributed by atoms with E-state index in [1.54, 1.807) is 13.2 Å². The maximum atomic E-state index is 12.2. The van der Waals surface area contributed by atoms with E-state index >= 15 is 0 Å². The Kier molecular flexibility index (Phi) is 6.29. The highest BCUT2D eigenvalue weighted by atomic mass is 35.5. The number of pyridine rings is 1. The highest BCUT2D eigenvalue weighted by Crippen LogP contribution is 2.14. The highest BCUT2D eigenvalue weighted by molar-refractivity contribution is 5.96. The first-order valence-electron chi connectivity index (χ1n) is 7.61. The van der Waals surface area contributed by atoms with Crippen LogP contribution in [-0.2, 0) is 0 Å². The number of aromatic nitrogens is 1. The number of Topliss-reactive ketones (excluding diaryl/α,β-unsaturated/α-hetero) is 1. The van der Waals surface area contributed by atoms with Crippen LogP contribution >= 0.6 is 0 Å². The zero-order valence-electron chi connectivity index (χ0n) is 13.4. The van der Waals surface area contributed by atoms with Crippen molar-refractivity contribution in [3.8, 4) is 5.75 Å². The summed E-state index contributed by atoms with van der Waals surface area (Å²) in [5.41, 5.74) is 2.72. The van der Waals surface area contributed by atoms with Gasteiger partial charge in [0.2, 0.25) is 0 Å². The molecule has 2 N–H and O–H groups in total. The SMILES string of the molecule is COc1cccc(C(=O)CC[NH2+]c2cnc3ccccc3c2)c1.[Cl-]. The van der Waals surface area contributed by atoms with E-state index in [0.717, 1.165) is 16.6 Å². The monoisotopic (exact) mass is 342 g/mol. The van der Waals surface area contributed by atoms with Crippen LogP contribution in [0.5, 0.6) is 5.75 Å². The first kappa shape index (κ1) is 17.9. The van der Waals surface area contributed by atoms with Gasteiger partial charge in [0.05, 0.1) is 31.8 Å². The van der Waals surface area contributed by atoms with E-state index in [2.05, 4.69) is 16.4 Å². The summed E-state index contributed by atoms with van der Waals surface area (Å²) in [5.74, 6) is 0.826. The number of halogens is 1. The van der Waals surface area contributed by atoms with E-state index in [9.17, 15) is 4.79 Å². The average Bonchev–Trinajstić information content (AvgIpc) is 2.61. The Bertz CT molecular complexity index is 836. The molecule has 3 aromatic rings. The number of nitrogens with two attached hydrogens (primary N) is 1. The van der Waals surface area contributed by atoms with Crippen molar-refractivity contribution in [1.82, 2.24) is 4.98 Å². The number of benzene rings is 2. The third-order valence-electron chi connectivity index (χ3n) is 3.75. The first-order chi connectivity index (χ1) is 11.3. The molecule has 1 heterocycles. The van der Waals surface area contributed by atoms with Crippen molar-refractivity contribution < 1.29 is 27.3 Å². The Labute approximate surface area is 147 Å². The smallest absolute Gasteiger partial charge is 0.168 e. The van der Waals surface area contributed by atoms with Gasteiger partial charge in [0.25, 0.3) is 0 Å². The van der Waals surface area contributed by atoms with Gasteiger partial charge >= 0.3 is 0 Å². The second kappa shape index (κ2) is 8.43. The summed E-state index contributed by atoms with van der Waals surface area (Å²) >= 11 is 0. The molecule has 0 spiro atoms. The normalized spacial score (nSPS) is 10.2. The lowest BCUT2D eigenvalue weighted by molar-refractivity contribution is -0.570. The molecule has 0 saturated carbocycles. The molecule has 124 valence electrons. The van der Waals surface area contributed by atoms with Gasteiger partial charge in [0.1, 0.15) is 11.4 Å². The number of ketones is 1. The minimum absolute atomic E-state index is 0. The summed E-state index contributed by atoms with van der Waals surface area (Å²) in [6.45, 7) is 0.691. The average molecular weight is 343 g/mol. The number of quaternary nitrogens is 1. The van der Waals surface area contributed by atoms with Gasteiger partial charge < -0.3 is 22.5 Å². The quantitative estimate of drug-likeness (QED) is 0.627. The van der Waals surface area contributed by atoms with Crippen molar-refractivity contribution in [2.24, 2.45) is 0 Å². The van der Waals surface area contributed by atoms with Crippen LogP contribution in [0.3, 0.4) is 0 Å². The molecule has 0 aliphatic carbocycles. The lowest BCUT2D eigenvalue weighted by Gasteiger charge is -2.04. The third kappa shape index (κ3) is 4.31. The molecule has 0 aliphatic rings. The van der Waals surface area contributed by atoms with Gasteiger partial charge in [0.15, 0.2) is 5.78 Å². The number of hydrogen-bond acceptors (Lipinski definition) is 3. The summed E-state index contributed by atoms with van der Waals surface area (Å²) in [4.78, 5) is 16.7. The number of ether oxygens (including phenoxy) is 1. The predicted molar refractivity (Wildman–Crippen MR) is 90.1 cm³/mol. The maximum absolute atomic E-state index is 12.2. The van der Waals surface area contributed by atoms with Crippen LogP contribution in [0.1, 0.15) is 16.8 Å². The Morgan fingerprint density at radius 2 is 1.96 bits per heavy atom. The first-order valence-corrected chi connectivity index (χ1v) is 7.61. The second-order valence-corrected chi connectivity index (χ2v) is 5.36. The molecular formula is C19H19ClN2O2. The third-order valence-corrected chi connectivity index (χ3v) is 3.75. The lowest BCUT2D eigenvalue weighted by atomic mass is 10.1. The largest absolute Gasteiger partial charge is 1.00 e. The molecule has 0 fully saturated rings. The van der Waals surface area contributed by atoms with Crippen molar-refractivity contribution in [3.05, 3.63) is 66.4 Å². The molecule has 24 heavy (non-hydrogen) atoms.